The van der Waals surface area contributed by atoms with Crippen LogP contribution in [0.3, 0.4) is 0 Å². The van der Waals surface area contributed by atoms with Gasteiger partial charge in [0.1, 0.15) is 17.6 Å². The lowest BCUT2D eigenvalue weighted by atomic mass is 10.2. The molecular weight excluding hydrogens is 385 g/mol. The van der Waals surface area contributed by atoms with Gasteiger partial charge in [-0.3, -0.25) is 0 Å². The fraction of sp³-hybridized carbons (Fsp3) is 0.227. The second kappa shape index (κ2) is 8.76. The topological polar surface area (TPSA) is 74.5 Å². The highest BCUT2D eigenvalue weighted by molar-refractivity contribution is 5.59. The van der Waals surface area contributed by atoms with Crippen molar-refractivity contribution < 1.29 is 13.9 Å². The van der Waals surface area contributed by atoms with Crippen molar-refractivity contribution in [2.45, 2.75) is 0 Å². The zero-order valence-electron chi connectivity index (χ0n) is 16.5. The zero-order chi connectivity index (χ0) is 20.9. The quantitative estimate of drug-likeness (QED) is 0.638. The fourth-order valence-electron chi connectivity index (χ4n) is 3.16. The van der Waals surface area contributed by atoms with Crippen molar-refractivity contribution in [3.05, 3.63) is 66.2 Å². The molecule has 0 saturated carbocycles. The standard InChI is InChI=1S/C22H20FN5O2/c1-27(17-5-6-21(23)16(11-17)13-24)22-25-14-20(15-26-22)30-19-4-2-3-18(12-19)28-7-9-29-10-8-28/h2-6,11-12,14-15H,7-10H2,1H3. The van der Waals surface area contributed by atoms with Gasteiger partial charge in [0.15, 0.2) is 5.75 Å². The lowest BCUT2D eigenvalue weighted by molar-refractivity contribution is 0.122. The predicted molar refractivity (Wildman–Crippen MR) is 111 cm³/mol. The molecule has 30 heavy (non-hydrogen) atoms. The maximum Gasteiger partial charge on any atom is 0.229 e. The first kappa shape index (κ1) is 19.6. The summed E-state index contributed by atoms with van der Waals surface area (Å²) in [7, 11) is 1.75. The zero-order valence-corrected chi connectivity index (χ0v) is 16.5. The molecule has 0 bridgehead atoms. The third-order valence-corrected chi connectivity index (χ3v) is 4.80. The van der Waals surface area contributed by atoms with Crippen molar-refractivity contribution in [1.29, 1.82) is 5.26 Å². The van der Waals surface area contributed by atoms with Gasteiger partial charge in [0.05, 0.1) is 31.2 Å². The highest BCUT2D eigenvalue weighted by atomic mass is 19.1. The van der Waals surface area contributed by atoms with Gasteiger partial charge < -0.3 is 19.3 Å². The minimum absolute atomic E-state index is 0.0283. The van der Waals surface area contributed by atoms with Gasteiger partial charge in [-0.05, 0) is 30.3 Å². The van der Waals surface area contributed by atoms with E-state index in [2.05, 4.69) is 14.9 Å². The fourth-order valence-corrected chi connectivity index (χ4v) is 3.16. The number of nitrogens with zero attached hydrogens (tertiary/aromatic N) is 5. The summed E-state index contributed by atoms with van der Waals surface area (Å²) in [6, 6.07) is 14.0. The Labute approximate surface area is 173 Å². The summed E-state index contributed by atoms with van der Waals surface area (Å²) in [5.74, 6) is 1.04. The van der Waals surface area contributed by atoms with Gasteiger partial charge in [0.2, 0.25) is 5.95 Å². The number of nitriles is 1. The van der Waals surface area contributed by atoms with E-state index in [0.29, 0.717) is 23.1 Å². The highest BCUT2D eigenvalue weighted by Crippen LogP contribution is 2.27. The highest BCUT2D eigenvalue weighted by Gasteiger charge is 2.13. The van der Waals surface area contributed by atoms with Crippen LogP contribution in [0, 0.1) is 17.1 Å². The maximum atomic E-state index is 13.5. The van der Waals surface area contributed by atoms with Gasteiger partial charge in [0, 0.05) is 37.6 Å². The smallest absolute Gasteiger partial charge is 0.229 e. The number of aromatic nitrogens is 2. The minimum atomic E-state index is -0.557. The molecule has 0 aliphatic carbocycles. The number of hydrogen-bond acceptors (Lipinski definition) is 7. The van der Waals surface area contributed by atoms with Crippen LogP contribution < -0.4 is 14.5 Å². The average molecular weight is 405 g/mol. The van der Waals surface area contributed by atoms with E-state index in [9.17, 15) is 4.39 Å². The van der Waals surface area contributed by atoms with Crippen molar-refractivity contribution in [3.63, 3.8) is 0 Å². The lowest BCUT2D eigenvalue weighted by Crippen LogP contribution is -2.36. The van der Waals surface area contributed by atoms with Gasteiger partial charge in [-0.25, -0.2) is 14.4 Å². The van der Waals surface area contributed by atoms with Gasteiger partial charge in [-0.1, -0.05) is 6.07 Å². The Morgan fingerprint density at radius 1 is 1.10 bits per heavy atom. The van der Waals surface area contributed by atoms with Crippen LogP contribution in [-0.2, 0) is 4.74 Å². The molecular formula is C22H20FN5O2. The second-order valence-corrected chi connectivity index (χ2v) is 6.75. The minimum Gasteiger partial charge on any atom is -0.454 e. The van der Waals surface area contributed by atoms with Gasteiger partial charge in [0.25, 0.3) is 0 Å². The van der Waals surface area contributed by atoms with E-state index in [1.54, 1.807) is 30.4 Å². The molecule has 0 amide bonds. The largest absolute Gasteiger partial charge is 0.454 e. The molecule has 8 heteroatoms. The van der Waals surface area contributed by atoms with E-state index < -0.39 is 5.82 Å². The number of anilines is 3. The average Bonchev–Trinajstić information content (AvgIpc) is 2.80. The van der Waals surface area contributed by atoms with Crippen molar-refractivity contribution in [2.24, 2.45) is 0 Å². The predicted octanol–water partition coefficient (Wildman–Crippen LogP) is 3.88. The summed E-state index contributed by atoms with van der Waals surface area (Å²) >= 11 is 0. The van der Waals surface area contributed by atoms with Crippen LogP contribution in [0.1, 0.15) is 5.56 Å². The number of halogens is 1. The molecule has 1 aromatic heterocycles. The Morgan fingerprint density at radius 2 is 1.87 bits per heavy atom. The molecule has 3 aromatic rings. The Bertz CT molecular complexity index is 1060. The summed E-state index contributed by atoms with van der Waals surface area (Å²) in [4.78, 5) is 12.6. The molecule has 1 fully saturated rings. The van der Waals surface area contributed by atoms with E-state index in [1.165, 1.54) is 12.1 Å². The van der Waals surface area contributed by atoms with Crippen molar-refractivity contribution in [1.82, 2.24) is 9.97 Å². The van der Waals surface area contributed by atoms with E-state index in [-0.39, 0.29) is 5.56 Å². The number of ether oxygens (including phenoxy) is 2. The molecule has 2 aromatic carbocycles. The summed E-state index contributed by atoms with van der Waals surface area (Å²) in [6.07, 6.45) is 3.16. The lowest BCUT2D eigenvalue weighted by Gasteiger charge is -2.29. The number of benzene rings is 2. The van der Waals surface area contributed by atoms with Crippen LogP contribution >= 0.6 is 0 Å². The molecule has 4 rings (SSSR count). The Hall–Kier alpha value is -3.70. The molecule has 1 saturated heterocycles. The number of morpholine rings is 1. The van der Waals surface area contributed by atoms with E-state index in [4.69, 9.17) is 14.7 Å². The first-order valence-corrected chi connectivity index (χ1v) is 9.50. The van der Waals surface area contributed by atoms with Gasteiger partial charge in [-0.2, -0.15) is 5.26 Å². The summed E-state index contributed by atoms with van der Waals surface area (Å²) in [5.41, 5.74) is 1.66. The summed E-state index contributed by atoms with van der Waals surface area (Å²) in [5, 5.41) is 9.01. The Morgan fingerprint density at radius 3 is 2.60 bits per heavy atom. The van der Waals surface area contributed by atoms with E-state index in [1.807, 2.05) is 30.3 Å². The van der Waals surface area contributed by atoms with Crippen LogP contribution in [0.15, 0.2) is 54.9 Å². The Kier molecular flexibility index (Phi) is 5.72. The van der Waals surface area contributed by atoms with Crippen molar-refractivity contribution in [3.8, 4) is 17.6 Å². The third kappa shape index (κ3) is 4.31. The molecule has 0 spiro atoms. The monoisotopic (exact) mass is 405 g/mol. The van der Waals surface area contributed by atoms with Crippen LogP contribution in [0.25, 0.3) is 0 Å². The van der Waals surface area contributed by atoms with Gasteiger partial charge in [-0.15, -0.1) is 0 Å². The molecule has 1 aliphatic rings. The molecule has 2 heterocycles. The first-order valence-electron chi connectivity index (χ1n) is 9.50. The summed E-state index contributed by atoms with van der Waals surface area (Å²) in [6.45, 7) is 3.14. The Balaban J connectivity index is 1.47. The number of hydrogen-bond donors (Lipinski definition) is 0. The van der Waals surface area contributed by atoms with Crippen LogP contribution in [0.2, 0.25) is 0 Å². The van der Waals surface area contributed by atoms with Crippen LogP contribution in [-0.4, -0.2) is 43.3 Å². The van der Waals surface area contributed by atoms with Gasteiger partial charge >= 0.3 is 0 Å². The SMILES string of the molecule is CN(c1ccc(F)c(C#N)c1)c1ncc(Oc2cccc(N3CCOCC3)c2)cn1. The van der Waals surface area contributed by atoms with Crippen LogP contribution in [0.5, 0.6) is 11.5 Å². The third-order valence-electron chi connectivity index (χ3n) is 4.80. The molecule has 7 nitrogen and oxygen atoms in total. The van der Waals surface area contributed by atoms with Crippen molar-refractivity contribution in [2.75, 3.05) is 43.2 Å². The summed E-state index contributed by atoms with van der Waals surface area (Å²) < 4.78 is 24.9. The maximum absolute atomic E-state index is 13.5. The molecule has 0 N–H and O–H groups in total. The van der Waals surface area contributed by atoms with E-state index in [0.717, 1.165) is 32.0 Å². The van der Waals surface area contributed by atoms with Crippen LogP contribution in [0.4, 0.5) is 21.7 Å². The van der Waals surface area contributed by atoms with Crippen molar-refractivity contribution >= 4 is 17.3 Å². The normalized spacial score (nSPS) is 13.6. The second-order valence-electron chi connectivity index (χ2n) is 6.75. The number of rotatable bonds is 5. The molecule has 152 valence electrons. The molecule has 0 atom stereocenters. The molecule has 0 unspecified atom stereocenters. The molecule has 1 aliphatic heterocycles. The van der Waals surface area contributed by atoms with E-state index >= 15 is 0 Å². The first-order chi connectivity index (χ1) is 14.6. The molecule has 0 radical (unpaired) electrons.